The Morgan fingerprint density at radius 2 is 2.21 bits per heavy atom. The summed E-state index contributed by atoms with van der Waals surface area (Å²) in [6.45, 7) is 1.22. The van der Waals surface area contributed by atoms with Gasteiger partial charge in [0.05, 0.1) is 22.8 Å². The van der Waals surface area contributed by atoms with Gasteiger partial charge in [-0.25, -0.2) is 4.79 Å². The molecule has 4 N–H and O–H groups in total. The number of nitrogens with zero attached hydrogens (tertiary/aromatic N) is 1. The molecule has 6 nitrogen and oxygen atoms in total. The first-order valence-electron chi connectivity index (χ1n) is 5.83. The number of hydrogen-bond donors (Lipinski definition) is 3. The maximum absolute atomic E-state index is 11.6. The molecule has 0 unspecified atom stereocenters. The maximum atomic E-state index is 11.6. The Labute approximate surface area is 115 Å². The Kier molecular flexibility index (Phi) is 3.80. The number of nitrogens with one attached hydrogen (secondary N) is 1. The van der Waals surface area contributed by atoms with Crippen molar-refractivity contribution in [2.24, 2.45) is 0 Å². The van der Waals surface area contributed by atoms with Gasteiger partial charge in [0.15, 0.2) is 0 Å². The molecule has 2 rings (SSSR count). The summed E-state index contributed by atoms with van der Waals surface area (Å²) < 4.78 is 0. The molecule has 0 aliphatic carbocycles. The van der Waals surface area contributed by atoms with Crippen molar-refractivity contribution in [3.05, 3.63) is 22.7 Å². The SMILES string of the molecule is Nc1cc(Cl)c(N2CCCNC(=O)C2)c(C(=O)O)c1. The minimum atomic E-state index is -1.12. The molecule has 0 saturated carbocycles. The number of aromatic carboxylic acids is 1. The van der Waals surface area contributed by atoms with Gasteiger partial charge in [-0.1, -0.05) is 11.6 Å². The van der Waals surface area contributed by atoms with Gasteiger partial charge in [-0.05, 0) is 18.6 Å². The molecule has 1 aliphatic heterocycles. The van der Waals surface area contributed by atoms with E-state index in [9.17, 15) is 14.7 Å². The topological polar surface area (TPSA) is 95.7 Å². The van der Waals surface area contributed by atoms with Crippen LogP contribution in [0.15, 0.2) is 12.1 Å². The first-order chi connectivity index (χ1) is 8.99. The molecular formula is C12H14ClN3O3. The van der Waals surface area contributed by atoms with Crippen LogP contribution in [-0.2, 0) is 4.79 Å². The highest BCUT2D eigenvalue weighted by atomic mass is 35.5. The van der Waals surface area contributed by atoms with Gasteiger partial charge in [-0.2, -0.15) is 0 Å². The molecule has 1 amide bonds. The second-order valence-corrected chi connectivity index (χ2v) is 4.74. The van der Waals surface area contributed by atoms with E-state index >= 15 is 0 Å². The van der Waals surface area contributed by atoms with Crippen molar-refractivity contribution in [3.63, 3.8) is 0 Å². The fourth-order valence-electron chi connectivity index (χ4n) is 2.10. The van der Waals surface area contributed by atoms with E-state index in [-0.39, 0.29) is 28.7 Å². The van der Waals surface area contributed by atoms with E-state index in [2.05, 4.69) is 5.32 Å². The molecule has 0 radical (unpaired) electrons. The lowest BCUT2D eigenvalue weighted by Gasteiger charge is -2.24. The smallest absolute Gasteiger partial charge is 0.337 e. The summed E-state index contributed by atoms with van der Waals surface area (Å²) >= 11 is 6.10. The normalized spacial score (nSPS) is 15.8. The zero-order valence-corrected chi connectivity index (χ0v) is 10.9. The Bertz CT molecular complexity index is 533. The first-order valence-corrected chi connectivity index (χ1v) is 6.21. The van der Waals surface area contributed by atoms with Crippen LogP contribution in [0.3, 0.4) is 0 Å². The van der Waals surface area contributed by atoms with E-state index in [4.69, 9.17) is 17.3 Å². The number of halogens is 1. The minimum absolute atomic E-state index is 0.0136. The van der Waals surface area contributed by atoms with E-state index in [1.54, 1.807) is 4.90 Å². The molecule has 1 saturated heterocycles. The fraction of sp³-hybridized carbons (Fsp3) is 0.333. The van der Waals surface area contributed by atoms with Crippen LogP contribution in [0.5, 0.6) is 0 Å². The standard InChI is InChI=1S/C12H14ClN3O3/c13-9-5-7(14)4-8(12(18)19)11(9)16-3-1-2-15-10(17)6-16/h4-5H,1-3,6,14H2,(H,15,17)(H,18,19). The molecule has 102 valence electrons. The van der Waals surface area contributed by atoms with Crippen molar-refractivity contribution in [1.29, 1.82) is 0 Å². The van der Waals surface area contributed by atoms with Crippen molar-refractivity contribution >= 4 is 34.9 Å². The van der Waals surface area contributed by atoms with Crippen LogP contribution in [0.4, 0.5) is 11.4 Å². The van der Waals surface area contributed by atoms with E-state index in [1.165, 1.54) is 12.1 Å². The molecule has 0 bridgehead atoms. The van der Waals surface area contributed by atoms with Crippen molar-refractivity contribution in [3.8, 4) is 0 Å². The summed E-state index contributed by atoms with van der Waals surface area (Å²) in [5.41, 5.74) is 6.25. The first kappa shape index (κ1) is 13.5. The van der Waals surface area contributed by atoms with Crippen molar-refractivity contribution in [2.45, 2.75) is 6.42 Å². The zero-order valence-electron chi connectivity index (χ0n) is 10.1. The second-order valence-electron chi connectivity index (χ2n) is 4.33. The van der Waals surface area contributed by atoms with Crippen LogP contribution < -0.4 is 16.0 Å². The zero-order chi connectivity index (χ0) is 14.0. The van der Waals surface area contributed by atoms with Gasteiger partial charge in [0.2, 0.25) is 5.91 Å². The number of anilines is 2. The van der Waals surface area contributed by atoms with Crippen LogP contribution in [0, 0.1) is 0 Å². The fourth-order valence-corrected chi connectivity index (χ4v) is 2.45. The molecular weight excluding hydrogens is 270 g/mol. The third kappa shape index (κ3) is 2.90. The summed E-state index contributed by atoms with van der Waals surface area (Å²) in [7, 11) is 0. The van der Waals surface area contributed by atoms with Crippen LogP contribution in [-0.4, -0.2) is 36.6 Å². The van der Waals surface area contributed by atoms with Gasteiger partial charge in [-0.3, -0.25) is 4.79 Å². The number of amides is 1. The number of carbonyl (C=O) groups excluding carboxylic acids is 1. The molecule has 1 aliphatic rings. The molecule has 1 aromatic rings. The quantitative estimate of drug-likeness (QED) is 0.702. The highest BCUT2D eigenvalue weighted by molar-refractivity contribution is 6.34. The number of carbonyl (C=O) groups is 2. The number of rotatable bonds is 2. The second kappa shape index (κ2) is 5.36. The molecule has 19 heavy (non-hydrogen) atoms. The van der Waals surface area contributed by atoms with Crippen LogP contribution in [0.1, 0.15) is 16.8 Å². The third-order valence-corrected chi connectivity index (χ3v) is 3.18. The molecule has 0 spiro atoms. The van der Waals surface area contributed by atoms with E-state index in [1.807, 2.05) is 0 Å². The molecule has 0 aromatic heterocycles. The van der Waals surface area contributed by atoms with Crippen molar-refractivity contribution < 1.29 is 14.7 Å². The number of nitrogen functional groups attached to an aromatic ring is 1. The lowest BCUT2D eigenvalue weighted by molar-refractivity contribution is -0.119. The van der Waals surface area contributed by atoms with Gasteiger partial charge < -0.3 is 21.1 Å². The molecule has 1 fully saturated rings. The predicted octanol–water partition coefficient (Wildman–Crippen LogP) is 0.947. The van der Waals surface area contributed by atoms with E-state index in [0.29, 0.717) is 18.8 Å². The largest absolute Gasteiger partial charge is 0.478 e. The number of hydrogen-bond acceptors (Lipinski definition) is 4. The predicted molar refractivity (Wildman–Crippen MR) is 72.7 cm³/mol. The molecule has 7 heteroatoms. The lowest BCUT2D eigenvalue weighted by atomic mass is 10.1. The maximum Gasteiger partial charge on any atom is 0.337 e. The number of nitrogens with two attached hydrogens (primary N) is 1. The highest BCUT2D eigenvalue weighted by Crippen LogP contribution is 2.33. The van der Waals surface area contributed by atoms with Gasteiger partial charge in [0, 0.05) is 18.8 Å². The average molecular weight is 284 g/mol. The van der Waals surface area contributed by atoms with Crippen molar-refractivity contribution in [2.75, 3.05) is 30.3 Å². The van der Waals surface area contributed by atoms with Gasteiger partial charge in [0.25, 0.3) is 0 Å². The Morgan fingerprint density at radius 3 is 2.89 bits per heavy atom. The molecule has 0 atom stereocenters. The Balaban J connectivity index is 2.47. The van der Waals surface area contributed by atoms with Gasteiger partial charge >= 0.3 is 5.97 Å². The summed E-state index contributed by atoms with van der Waals surface area (Å²) in [5, 5.41) is 12.2. The Morgan fingerprint density at radius 1 is 1.47 bits per heavy atom. The van der Waals surface area contributed by atoms with E-state index < -0.39 is 5.97 Å². The van der Waals surface area contributed by atoms with Crippen molar-refractivity contribution in [1.82, 2.24) is 5.32 Å². The molecule has 1 heterocycles. The third-order valence-electron chi connectivity index (χ3n) is 2.89. The number of carboxylic acids is 1. The van der Waals surface area contributed by atoms with Crippen LogP contribution >= 0.6 is 11.6 Å². The summed E-state index contributed by atoms with van der Waals surface area (Å²) in [4.78, 5) is 24.5. The Hall–Kier alpha value is -1.95. The van der Waals surface area contributed by atoms with Crippen LogP contribution in [0.25, 0.3) is 0 Å². The lowest BCUT2D eigenvalue weighted by Crippen LogP contribution is -2.34. The summed E-state index contributed by atoms with van der Waals surface area (Å²) in [6, 6.07) is 2.85. The number of carboxylic acid groups (broad SMARTS) is 1. The molecule has 1 aromatic carbocycles. The van der Waals surface area contributed by atoms with E-state index in [0.717, 1.165) is 6.42 Å². The highest BCUT2D eigenvalue weighted by Gasteiger charge is 2.23. The average Bonchev–Trinajstić information content (AvgIpc) is 2.52. The summed E-state index contributed by atoms with van der Waals surface area (Å²) in [5.74, 6) is -1.27. The number of benzene rings is 1. The van der Waals surface area contributed by atoms with Gasteiger partial charge in [0.1, 0.15) is 0 Å². The minimum Gasteiger partial charge on any atom is -0.478 e. The monoisotopic (exact) mass is 283 g/mol. The van der Waals surface area contributed by atoms with Gasteiger partial charge in [-0.15, -0.1) is 0 Å². The summed E-state index contributed by atoms with van der Waals surface area (Å²) in [6.07, 6.45) is 0.728. The van der Waals surface area contributed by atoms with Crippen LogP contribution in [0.2, 0.25) is 5.02 Å².